The molecule has 0 aliphatic heterocycles. The molecule has 0 unspecified atom stereocenters. The van der Waals surface area contributed by atoms with Crippen LogP contribution in [0, 0.1) is 6.92 Å². The predicted molar refractivity (Wildman–Crippen MR) is 73.7 cm³/mol. The number of hydrogen-bond acceptors (Lipinski definition) is 4. The monoisotopic (exact) mass is 276 g/mol. The Kier molecular flexibility index (Phi) is 2.89. The molecule has 0 atom stereocenters. The molecule has 0 fully saturated rings. The minimum absolute atomic E-state index is 0.278. The lowest BCUT2D eigenvalue weighted by Crippen LogP contribution is -1.91. The van der Waals surface area contributed by atoms with Gasteiger partial charge < -0.3 is 4.74 Å². The van der Waals surface area contributed by atoms with Crippen LogP contribution in [0.15, 0.2) is 36.4 Å². The van der Waals surface area contributed by atoms with E-state index in [-0.39, 0.29) is 6.01 Å². The fourth-order valence-electron chi connectivity index (χ4n) is 1.63. The van der Waals surface area contributed by atoms with Gasteiger partial charge in [0, 0.05) is 10.3 Å². The fourth-order valence-corrected chi connectivity index (χ4v) is 2.77. The maximum absolute atomic E-state index is 6.12. The lowest BCUT2D eigenvalue weighted by atomic mass is 10.3. The molecular weight excluding hydrogens is 268 g/mol. The molecule has 0 amide bonds. The summed E-state index contributed by atoms with van der Waals surface area (Å²) in [5, 5.41) is 1.30. The molecule has 0 spiro atoms. The third-order valence-electron chi connectivity index (χ3n) is 2.40. The molecule has 0 aliphatic rings. The summed E-state index contributed by atoms with van der Waals surface area (Å²) in [4.78, 5) is 10.5. The second-order valence-corrected chi connectivity index (χ2v) is 5.38. The summed E-state index contributed by atoms with van der Waals surface area (Å²) in [5.74, 6) is 0.696. The maximum atomic E-state index is 6.12. The first-order valence-corrected chi connectivity index (χ1v) is 6.58. The summed E-state index contributed by atoms with van der Waals surface area (Å²) < 4.78 is 5.58. The first kappa shape index (κ1) is 11.4. The zero-order valence-electron chi connectivity index (χ0n) is 9.55. The third-order valence-corrected chi connectivity index (χ3v) is 3.63. The first-order valence-electron chi connectivity index (χ1n) is 5.39. The Morgan fingerprint density at radius 3 is 2.72 bits per heavy atom. The number of hydrogen-bond donors (Lipinski definition) is 0. The average Bonchev–Trinajstić information content (AvgIpc) is 2.72. The number of para-hydroxylation sites is 1. The molecule has 18 heavy (non-hydrogen) atoms. The molecule has 2 heterocycles. The minimum atomic E-state index is 0.278. The largest absolute Gasteiger partial charge is 0.424 e. The molecular formula is C13H9ClN2OS. The minimum Gasteiger partial charge on any atom is -0.424 e. The molecule has 0 aliphatic carbocycles. The van der Waals surface area contributed by atoms with E-state index in [0.29, 0.717) is 10.9 Å². The average molecular weight is 277 g/mol. The number of aryl methyl sites for hydroxylation is 1. The normalized spacial score (nSPS) is 10.8. The van der Waals surface area contributed by atoms with Crippen molar-refractivity contribution in [3.63, 3.8) is 0 Å². The van der Waals surface area contributed by atoms with Gasteiger partial charge in [-0.25, -0.2) is 0 Å². The second-order valence-electron chi connectivity index (χ2n) is 3.79. The van der Waals surface area contributed by atoms with Crippen LogP contribution in [0.2, 0.25) is 5.15 Å². The van der Waals surface area contributed by atoms with Gasteiger partial charge in [0.05, 0.1) is 0 Å². The van der Waals surface area contributed by atoms with Crippen LogP contribution in [0.5, 0.6) is 11.8 Å². The van der Waals surface area contributed by atoms with Gasteiger partial charge in [-0.3, -0.25) is 0 Å². The van der Waals surface area contributed by atoms with Gasteiger partial charge in [0.15, 0.2) is 0 Å². The Morgan fingerprint density at radius 1 is 1.17 bits per heavy atom. The molecule has 0 N–H and O–H groups in total. The van der Waals surface area contributed by atoms with Crippen molar-refractivity contribution in [2.24, 2.45) is 0 Å². The van der Waals surface area contributed by atoms with Crippen LogP contribution in [-0.2, 0) is 0 Å². The van der Waals surface area contributed by atoms with Crippen LogP contribution < -0.4 is 4.74 Å². The second kappa shape index (κ2) is 4.55. The quantitative estimate of drug-likeness (QED) is 0.649. The van der Waals surface area contributed by atoms with Crippen LogP contribution in [-0.4, -0.2) is 9.97 Å². The van der Waals surface area contributed by atoms with Gasteiger partial charge in [-0.05, 0) is 25.1 Å². The number of benzene rings is 1. The van der Waals surface area contributed by atoms with E-state index in [1.54, 1.807) is 11.3 Å². The summed E-state index contributed by atoms with van der Waals surface area (Å²) >= 11 is 7.69. The van der Waals surface area contributed by atoms with Crippen molar-refractivity contribution in [1.82, 2.24) is 9.97 Å². The highest BCUT2D eigenvalue weighted by Crippen LogP contribution is 2.30. The fraction of sp³-hybridized carbons (Fsp3) is 0.0769. The van der Waals surface area contributed by atoms with E-state index in [4.69, 9.17) is 16.3 Å². The number of halogens is 1. The number of fused-ring (bicyclic) bond motifs is 1. The Balaban J connectivity index is 2.02. The molecule has 2 aromatic heterocycles. The smallest absolute Gasteiger partial charge is 0.324 e. The third kappa shape index (κ3) is 2.17. The van der Waals surface area contributed by atoms with Crippen LogP contribution in [0.25, 0.3) is 10.2 Å². The molecule has 3 aromatic rings. The Bertz CT molecular complexity index is 697. The molecule has 0 radical (unpaired) electrons. The van der Waals surface area contributed by atoms with Crippen molar-refractivity contribution in [3.05, 3.63) is 46.4 Å². The number of nitrogens with zero attached hydrogens (tertiary/aromatic N) is 2. The molecule has 90 valence electrons. The Hall–Kier alpha value is -1.65. The van der Waals surface area contributed by atoms with Crippen molar-refractivity contribution in [2.45, 2.75) is 6.92 Å². The van der Waals surface area contributed by atoms with E-state index in [2.05, 4.69) is 9.97 Å². The lowest BCUT2D eigenvalue weighted by molar-refractivity contribution is 0.445. The Morgan fingerprint density at radius 2 is 1.94 bits per heavy atom. The van der Waals surface area contributed by atoms with Gasteiger partial charge in [0.25, 0.3) is 0 Å². The molecule has 3 rings (SSSR count). The molecule has 0 saturated carbocycles. The highest BCUT2D eigenvalue weighted by atomic mass is 35.5. The van der Waals surface area contributed by atoms with Crippen molar-refractivity contribution in [1.29, 1.82) is 0 Å². The van der Waals surface area contributed by atoms with E-state index in [9.17, 15) is 0 Å². The van der Waals surface area contributed by atoms with Crippen molar-refractivity contribution >= 4 is 33.2 Å². The van der Waals surface area contributed by atoms with Gasteiger partial charge >= 0.3 is 6.01 Å². The molecule has 0 saturated heterocycles. The van der Waals surface area contributed by atoms with Gasteiger partial charge in [-0.2, -0.15) is 9.97 Å². The van der Waals surface area contributed by atoms with E-state index < -0.39 is 0 Å². The maximum Gasteiger partial charge on any atom is 0.324 e. The van der Waals surface area contributed by atoms with Crippen molar-refractivity contribution < 1.29 is 4.74 Å². The van der Waals surface area contributed by atoms with Gasteiger partial charge in [0.2, 0.25) is 0 Å². The standard InChI is InChI=1S/C13H9ClN2OS/c1-8-7-10-11(14)15-13(16-12(10)18-8)17-9-5-3-2-4-6-9/h2-7H,1H3. The molecule has 1 aromatic carbocycles. The van der Waals surface area contributed by atoms with E-state index >= 15 is 0 Å². The van der Waals surface area contributed by atoms with E-state index in [1.807, 2.05) is 43.3 Å². The first-order chi connectivity index (χ1) is 8.72. The van der Waals surface area contributed by atoms with Crippen molar-refractivity contribution in [2.75, 3.05) is 0 Å². The molecule has 5 heteroatoms. The highest BCUT2D eigenvalue weighted by Gasteiger charge is 2.10. The number of ether oxygens (including phenoxy) is 1. The van der Waals surface area contributed by atoms with Crippen LogP contribution in [0.1, 0.15) is 4.88 Å². The van der Waals surface area contributed by atoms with E-state index in [1.165, 1.54) is 0 Å². The Labute approximate surface area is 113 Å². The van der Waals surface area contributed by atoms with Crippen molar-refractivity contribution in [3.8, 4) is 11.8 Å². The summed E-state index contributed by atoms with van der Waals surface area (Å²) in [6, 6.07) is 11.7. The zero-order chi connectivity index (χ0) is 12.5. The van der Waals surface area contributed by atoms with Gasteiger partial charge in [-0.1, -0.05) is 29.8 Å². The topological polar surface area (TPSA) is 35.0 Å². The van der Waals surface area contributed by atoms with E-state index in [0.717, 1.165) is 15.1 Å². The van der Waals surface area contributed by atoms with Crippen LogP contribution >= 0.6 is 22.9 Å². The predicted octanol–water partition coefficient (Wildman–Crippen LogP) is 4.45. The lowest BCUT2D eigenvalue weighted by Gasteiger charge is -2.03. The number of rotatable bonds is 2. The van der Waals surface area contributed by atoms with Crippen LogP contribution in [0.4, 0.5) is 0 Å². The number of aromatic nitrogens is 2. The van der Waals surface area contributed by atoms with Gasteiger partial charge in [0.1, 0.15) is 15.7 Å². The summed E-state index contributed by atoms with van der Waals surface area (Å²) in [6.45, 7) is 2.01. The highest BCUT2D eigenvalue weighted by molar-refractivity contribution is 7.18. The molecule has 3 nitrogen and oxygen atoms in total. The summed E-state index contributed by atoms with van der Waals surface area (Å²) in [6.07, 6.45) is 0. The SMILES string of the molecule is Cc1cc2c(Cl)nc(Oc3ccccc3)nc2s1. The summed E-state index contributed by atoms with van der Waals surface area (Å²) in [7, 11) is 0. The van der Waals surface area contributed by atoms with Crippen LogP contribution in [0.3, 0.4) is 0 Å². The summed E-state index contributed by atoms with van der Waals surface area (Å²) in [5.41, 5.74) is 0. The van der Waals surface area contributed by atoms with Gasteiger partial charge in [-0.15, -0.1) is 11.3 Å². The molecule has 0 bridgehead atoms. The number of thiophene rings is 1. The zero-order valence-corrected chi connectivity index (χ0v) is 11.1.